The van der Waals surface area contributed by atoms with Gasteiger partial charge in [0.2, 0.25) is 0 Å². The van der Waals surface area contributed by atoms with Gasteiger partial charge in [-0.25, -0.2) is 0 Å². The maximum Gasteiger partial charge on any atom is 0.0794 e. The van der Waals surface area contributed by atoms with E-state index in [1.807, 2.05) is 29.9 Å². The van der Waals surface area contributed by atoms with Crippen LogP contribution in [0.5, 0.6) is 0 Å². The Bertz CT molecular complexity index is 445. The lowest BCUT2D eigenvalue weighted by Crippen LogP contribution is -1.96. The van der Waals surface area contributed by atoms with E-state index in [4.69, 9.17) is 11.6 Å². The molecule has 2 nitrogen and oxygen atoms in total. The van der Waals surface area contributed by atoms with Crippen molar-refractivity contribution in [3.63, 3.8) is 0 Å². The minimum absolute atomic E-state index is 0.712. The molecule has 0 radical (unpaired) electrons. The van der Waals surface area contributed by atoms with Crippen LogP contribution >= 0.6 is 38.9 Å². The number of hydrogen-bond acceptors (Lipinski definition) is 3. The Morgan fingerprint density at radius 1 is 1.47 bits per heavy atom. The molecule has 0 aliphatic rings. The largest absolute Gasteiger partial charge is 0.380 e. The molecule has 2 aromatic rings. The first kappa shape index (κ1) is 10.9. The third-order valence-electron chi connectivity index (χ3n) is 1.87. The van der Waals surface area contributed by atoms with Crippen molar-refractivity contribution in [1.29, 1.82) is 0 Å². The molecule has 5 heteroatoms. The normalized spacial score (nSPS) is 10.3. The molecular weight excluding hydrogens is 296 g/mol. The van der Waals surface area contributed by atoms with Crippen molar-refractivity contribution in [3.05, 3.63) is 44.3 Å². The van der Waals surface area contributed by atoms with Crippen LogP contribution in [0.15, 0.2) is 34.4 Å². The van der Waals surface area contributed by atoms with Gasteiger partial charge in [0.15, 0.2) is 0 Å². The summed E-state index contributed by atoms with van der Waals surface area (Å²) in [5, 5.41) is 3.99. The van der Waals surface area contributed by atoms with Gasteiger partial charge < -0.3 is 5.32 Å². The van der Waals surface area contributed by atoms with Crippen LogP contribution in [0.1, 0.15) is 4.88 Å². The molecule has 0 unspecified atom stereocenters. The zero-order valence-electron chi connectivity index (χ0n) is 7.71. The van der Waals surface area contributed by atoms with Gasteiger partial charge in [-0.1, -0.05) is 11.6 Å². The lowest BCUT2D eigenvalue weighted by molar-refractivity contribution is 1.17. The summed E-state index contributed by atoms with van der Waals surface area (Å²) in [6, 6.07) is 5.81. The van der Waals surface area contributed by atoms with E-state index in [-0.39, 0.29) is 0 Å². The Balaban J connectivity index is 2.02. The van der Waals surface area contributed by atoms with Gasteiger partial charge in [-0.3, -0.25) is 4.98 Å². The number of thiazole rings is 1. The third kappa shape index (κ3) is 2.93. The number of aromatic nitrogens is 1. The van der Waals surface area contributed by atoms with Gasteiger partial charge >= 0.3 is 0 Å². The molecular formula is C10H8BrClN2S. The summed E-state index contributed by atoms with van der Waals surface area (Å²) in [6.45, 7) is 0.780. The van der Waals surface area contributed by atoms with Crippen LogP contribution in [0.4, 0.5) is 5.69 Å². The number of benzene rings is 1. The molecule has 0 fully saturated rings. The van der Waals surface area contributed by atoms with E-state index in [9.17, 15) is 0 Å². The number of nitrogens with one attached hydrogen (secondary N) is 1. The lowest BCUT2D eigenvalue weighted by Gasteiger charge is -2.05. The zero-order valence-corrected chi connectivity index (χ0v) is 10.9. The molecule has 0 bridgehead atoms. The summed E-state index contributed by atoms with van der Waals surface area (Å²) < 4.78 is 0.910. The van der Waals surface area contributed by atoms with E-state index < -0.39 is 0 Å². The van der Waals surface area contributed by atoms with Gasteiger partial charge in [0.25, 0.3) is 0 Å². The highest BCUT2D eigenvalue weighted by atomic mass is 79.9. The van der Waals surface area contributed by atoms with Gasteiger partial charge in [-0.05, 0) is 34.1 Å². The van der Waals surface area contributed by atoms with E-state index >= 15 is 0 Å². The average Bonchev–Trinajstić information content (AvgIpc) is 2.73. The van der Waals surface area contributed by atoms with Crippen LogP contribution in [-0.2, 0) is 6.54 Å². The number of halogens is 2. The molecule has 0 spiro atoms. The molecule has 0 aliphatic carbocycles. The number of nitrogens with zero attached hydrogens (tertiary/aromatic N) is 1. The fourth-order valence-corrected chi connectivity index (χ4v) is 2.09. The number of anilines is 1. The van der Waals surface area contributed by atoms with Crippen LogP contribution in [-0.4, -0.2) is 4.98 Å². The van der Waals surface area contributed by atoms with Crippen molar-refractivity contribution in [2.24, 2.45) is 0 Å². The summed E-state index contributed by atoms with van der Waals surface area (Å²) in [5.41, 5.74) is 2.84. The number of hydrogen-bond donors (Lipinski definition) is 1. The van der Waals surface area contributed by atoms with Crippen LogP contribution < -0.4 is 5.32 Å². The predicted molar refractivity (Wildman–Crippen MR) is 68.6 cm³/mol. The summed E-state index contributed by atoms with van der Waals surface area (Å²) >= 11 is 11.0. The standard InChI is InChI=1S/C10H8BrClN2S/c11-9-2-1-7(3-10(9)12)14-5-8-4-13-6-15-8/h1-4,6,14H,5H2. The fourth-order valence-electron chi connectivity index (χ4n) is 1.12. The maximum atomic E-state index is 5.98. The van der Waals surface area contributed by atoms with Crippen LogP contribution in [0.3, 0.4) is 0 Å². The Morgan fingerprint density at radius 2 is 2.33 bits per heavy atom. The first-order valence-corrected chi connectivity index (χ1v) is 6.37. The van der Waals surface area contributed by atoms with E-state index in [1.54, 1.807) is 11.3 Å². The van der Waals surface area contributed by atoms with Gasteiger partial charge in [0, 0.05) is 21.2 Å². The van der Waals surface area contributed by atoms with Crippen LogP contribution in [0.2, 0.25) is 5.02 Å². The molecule has 0 amide bonds. The SMILES string of the molecule is Clc1cc(NCc2cncs2)ccc1Br. The van der Waals surface area contributed by atoms with Gasteiger partial charge in [-0.15, -0.1) is 11.3 Å². The van der Waals surface area contributed by atoms with Crippen molar-refractivity contribution in [3.8, 4) is 0 Å². The first-order valence-electron chi connectivity index (χ1n) is 4.32. The second kappa shape index (κ2) is 4.96. The highest BCUT2D eigenvalue weighted by Gasteiger charge is 1.99. The topological polar surface area (TPSA) is 24.9 Å². The molecule has 0 saturated heterocycles. The fraction of sp³-hybridized carbons (Fsp3) is 0.100. The summed E-state index contributed by atoms with van der Waals surface area (Å²) in [6.07, 6.45) is 1.86. The summed E-state index contributed by atoms with van der Waals surface area (Å²) in [4.78, 5) is 5.21. The Morgan fingerprint density at radius 3 is 3.00 bits per heavy atom. The zero-order chi connectivity index (χ0) is 10.7. The minimum atomic E-state index is 0.712. The van der Waals surface area contributed by atoms with E-state index in [2.05, 4.69) is 26.2 Å². The molecule has 1 N–H and O–H groups in total. The lowest BCUT2D eigenvalue weighted by atomic mass is 10.3. The van der Waals surface area contributed by atoms with Crippen molar-refractivity contribution in [2.75, 3.05) is 5.32 Å². The second-order valence-electron chi connectivity index (χ2n) is 2.95. The molecule has 1 aromatic carbocycles. The molecule has 0 saturated carbocycles. The van der Waals surface area contributed by atoms with E-state index in [0.29, 0.717) is 5.02 Å². The molecule has 1 aromatic heterocycles. The van der Waals surface area contributed by atoms with Gasteiger partial charge in [0.05, 0.1) is 17.1 Å². The van der Waals surface area contributed by atoms with Crippen molar-refractivity contribution in [1.82, 2.24) is 4.98 Å². The van der Waals surface area contributed by atoms with Crippen molar-refractivity contribution >= 4 is 44.6 Å². The predicted octanol–water partition coefficient (Wildman–Crippen LogP) is 4.17. The first-order chi connectivity index (χ1) is 7.25. The quantitative estimate of drug-likeness (QED) is 0.920. The molecule has 1 heterocycles. The summed E-state index contributed by atoms with van der Waals surface area (Å²) in [7, 11) is 0. The Labute approximate surface area is 105 Å². The molecule has 0 aliphatic heterocycles. The maximum absolute atomic E-state index is 5.98. The molecule has 0 atom stereocenters. The third-order valence-corrected chi connectivity index (χ3v) is 3.88. The Kier molecular flexibility index (Phi) is 3.61. The van der Waals surface area contributed by atoms with Crippen LogP contribution in [0, 0.1) is 0 Å². The monoisotopic (exact) mass is 302 g/mol. The minimum Gasteiger partial charge on any atom is -0.380 e. The highest BCUT2D eigenvalue weighted by Crippen LogP contribution is 2.25. The van der Waals surface area contributed by atoms with E-state index in [1.165, 1.54) is 4.88 Å². The van der Waals surface area contributed by atoms with E-state index in [0.717, 1.165) is 16.7 Å². The summed E-state index contributed by atoms with van der Waals surface area (Å²) in [5.74, 6) is 0. The highest BCUT2D eigenvalue weighted by molar-refractivity contribution is 9.10. The average molecular weight is 304 g/mol. The molecule has 15 heavy (non-hydrogen) atoms. The Hall–Kier alpha value is -0.580. The van der Waals surface area contributed by atoms with Crippen LogP contribution in [0.25, 0.3) is 0 Å². The molecule has 2 rings (SSSR count). The molecule has 78 valence electrons. The number of rotatable bonds is 3. The van der Waals surface area contributed by atoms with Crippen molar-refractivity contribution < 1.29 is 0 Å². The smallest absolute Gasteiger partial charge is 0.0794 e. The van der Waals surface area contributed by atoms with Gasteiger partial charge in [0.1, 0.15) is 0 Å². The second-order valence-corrected chi connectivity index (χ2v) is 5.18. The van der Waals surface area contributed by atoms with Crippen molar-refractivity contribution in [2.45, 2.75) is 6.54 Å². The van der Waals surface area contributed by atoms with Gasteiger partial charge in [-0.2, -0.15) is 0 Å².